The van der Waals surface area contributed by atoms with Crippen molar-refractivity contribution in [3.8, 4) is 0 Å². The first-order valence-electron chi connectivity index (χ1n) is 7.82. The van der Waals surface area contributed by atoms with E-state index in [4.69, 9.17) is 23.2 Å². The van der Waals surface area contributed by atoms with Crippen molar-refractivity contribution in [1.29, 1.82) is 0 Å². The maximum atomic E-state index is 12.2. The first-order chi connectivity index (χ1) is 11.8. The van der Waals surface area contributed by atoms with Gasteiger partial charge in [-0.1, -0.05) is 41.4 Å². The van der Waals surface area contributed by atoms with Crippen molar-refractivity contribution in [3.63, 3.8) is 0 Å². The highest BCUT2D eigenvalue weighted by molar-refractivity contribution is 6.42. The average Bonchev–Trinajstić information content (AvgIpc) is 2.58. The monoisotopic (exact) mass is 378 g/mol. The molecule has 0 aliphatic heterocycles. The summed E-state index contributed by atoms with van der Waals surface area (Å²) in [7, 11) is 1.65. The molecule has 2 amide bonds. The van der Waals surface area contributed by atoms with E-state index in [0.717, 1.165) is 16.7 Å². The minimum Gasteiger partial charge on any atom is -0.343 e. The van der Waals surface area contributed by atoms with Crippen molar-refractivity contribution in [2.24, 2.45) is 0 Å². The van der Waals surface area contributed by atoms with E-state index in [1.807, 2.05) is 32.0 Å². The number of aryl methyl sites for hydroxylation is 2. The molecule has 0 spiro atoms. The highest BCUT2D eigenvalue weighted by atomic mass is 35.5. The summed E-state index contributed by atoms with van der Waals surface area (Å²) < 4.78 is 0. The number of likely N-dealkylation sites (N-methyl/N-ethyl adjacent to an activating group) is 1. The van der Waals surface area contributed by atoms with Gasteiger partial charge in [-0.25, -0.2) is 0 Å². The van der Waals surface area contributed by atoms with Crippen LogP contribution in [-0.2, 0) is 11.3 Å². The molecule has 25 heavy (non-hydrogen) atoms. The Balaban J connectivity index is 1.93. The summed E-state index contributed by atoms with van der Waals surface area (Å²) in [5.41, 5.74) is 3.44. The zero-order valence-corrected chi connectivity index (χ0v) is 15.9. The van der Waals surface area contributed by atoms with Crippen molar-refractivity contribution in [2.75, 3.05) is 13.6 Å². The third-order valence-electron chi connectivity index (χ3n) is 4.03. The molecule has 0 aliphatic rings. The minimum atomic E-state index is -0.273. The van der Waals surface area contributed by atoms with Crippen LogP contribution in [0.4, 0.5) is 0 Å². The smallest absolute Gasteiger partial charge is 0.251 e. The number of halogens is 2. The summed E-state index contributed by atoms with van der Waals surface area (Å²) in [6.07, 6.45) is 0. The predicted octanol–water partition coefficient (Wildman–Crippen LogP) is 4.00. The van der Waals surface area contributed by atoms with Gasteiger partial charge in [0, 0.05) is 19.2 Å². The van der Waals surface area contributed by atoms with Crippen LogP contribution in [0, 0.1) is 13.8 Å². The van der Waals surface area contributed by atoms with Crippen LogP contribution < -0.4 is 5.32 Å². The Hall–Kier alpha value is -2.04. The number of hydrogen-bond donors (Lipinski definition) is 1. The Morgan fingerprint density at radius 1 is 1.08 bits per heavy atom. The molecule has 2 aromatic rings. The molecule has 6 heteroatoms. The predicted molar refractivity (Wildman–Crippen MR) is 101 cm³/mol. The van der Waals surface area contributed by atoms with E-state index in [1.165, 1.54) is 4.90 Å². The fraction of sp³-hybridized carbons (Fsp3) is 0.263. The first kappa shape index (κ1) is 19.3. The van der Waals surface area contributed by atoms with Crippen molar-refractivity contribution >= 4 is 35.0 Å². The van der Waals surface area contributed by atoms with E-state index < -0.39 is 0 Å². The van der Waals surface area contributed by atoms with Gasteiger partial charge < -0.3 is 10.2 Å². The van der Waals surface area contributed by atoms with Crippen molar-refractivity contribution in [1.82, 2.24) is 10.2 Å². The number of rotatable bonds is 5. The summed E-state index contributed by atoms with van der Waals surface area (Å²) in [5.74, 6) is -0.487. The Morgan fingerprint density at radius 3 is 2.48 bits per heavy atom. The Bertz CT molecular complexity index is 806. The second-order valence-electron chi connectivity index (χ2n) is 5.94. The normalized spacial score (nSPS) is 10.4. The molecule has 0 unspecified atom stereocenters. The molecule has 0 heterocycles. The summed E-state index contributed by atoms with van der Waals surface area (Å²) in [4.78, 5) is 25.9. The minimum absolute atomic E-state index is 0.0829. The van der Waals surface area contributed by atoms with Gasteiger partial charge in [-0.05, 0) is 48.7 Å². The lowest BCUT2D eigenvalue weighted by Gasteiger charge is -2.18. The van der Waals surface area contributed by atoms with Crippen LogP contribution in [0.15, 0.2) is 36.4 Å². The van der Waals surface area contributed by atoms with Crippen molar-refractivity contribution in [2.45, 2.75) is 20.4 Å². The van der Waals surface area contributed by atoms with Crippen LogP contribution in [0.1, 0.15) is 27.0 Å². The quantitative estimate of drug-likeness (QED) is 0.854. The van der Waals surface area contributed by atoms with Crippen LogP contribution in [0.5, 0.6) is 0 Å². The van der Waals surface area contributed by atoms with Gasteiger partial charge in [0.15, 0.2) is 0 Å². The molecule has 132 valence electrons. The SMILES string of the molecule is Cc1ccc(C(=O)NCC(=O)N(C)Cc2cccc(Cl)c2Cl)cc1C. The van der Waals surface area contributed by atoms with Gasteiger partial charge in [-0.15, -0.1) is 0 Å². The van der Waals surface area contributed by atoms with E-state index in [2.05, 4.69) is 5.32 Å². The lowest BCUT2D eigenvalue weighted by molar-refractivity contribution is -0.129. The summed E-state index contributed by atoms with van der Waals surface area (Å²) >= 11 is 12.1. The van der Waals surface area contributed by atoms with Gasteiger partial charge in [-0.3, -0.25) is 9.59 Å². The molecule has 0 saturated heterocycles. The van der Waals surface area contributed by atoms with Gasteiger partial charge >= 0.3 is 0 Å². The molecule has 0 fully saturated rings. The van der Waals surface area contributed by atoms with E-state index in [-0.39, 0.29) is 18.4 Å². The Kier molecular flexibility index (Phi) is 6.45. The molecule has 2 aromatic carbocycles. The largest absolute Gasteiger partial charge is 0.343 e. The van der Waals surface area contributed by atoms with Crippen molar-refractivity contribution < 1.29 is 9.59 Å². The van der Waals surface area contributed by atoms with Gasteiger partial charge in [0.05, 0.1) is 16.6 Å². The van der Waals surface area contributed by atoms with E-state index in [9.17, 15) is 9.59 Å². The number of benzene rings is 2. The molecule has 1 N–H and O–H groups in total. The summed E-state index contributed by atoms with van der Waals surface area (Å²) in [5, 5.41) is 3.53. The number of amides is 2. The number of nitrogens with one attached hydrogen (secondary N) is 1. The van der Waals surface area contributed by atoms with Crippen LogP contribution in [0.3, 0.4) is 0 Å². The standard InChI is InChI=1S/C19H20Cl2N2O2/c1-12-7-8-14(9-13(12)2)19(25)22-10-17(24)23(3)11-15-5-4-6-16(20)18(15)21/h4-9H,10-11H2,1-3H3,(H,22,25). The molecule has 0 radical (unpaired) electrons. The number of carbonyl (C=O) groups is 2. The molecule has 0 saturated carbocycles. The summed E-state index contributed by atoms with van der Waals surface area (Å²) in [6, 6.07) is 10.7. The Morgan fingerprint density at radius 2 is 1.80 bits per heavy atom. The molecule has 0 aromatic heterocycles. The fourth-order valence-corrected chi connectivity index (χ4v) is 2.67. The van der Waals surface area contributed by atoms with Gasteiger partial charge in [0.2, 0.25) is 5.91 Å². The lowest BCUT2D eigenvalue weighted by atomic mass is 10.1. The molecular weight excluding hydrogens is 359 g/mol. The van der Waals surface area contributed by atoms with Crippen LogP contribution >= 0.6 is 23.2 Å². The second-order valence-corrected chi connectivity index (χ2v) is 6.73. The van der Waals surface area contributed by atoms with E-state index in [1.54, 1.807) is 25.2 Å². The number of carbonyl (C=O) groups excluding carboxylic acids is 2. The highest BCUT2D eigenvalue weighted by Crippen LogP contribution is 2.26. The van der Waals surface area contributed by atoms with Crippen LogP contribution in [-0.4, -0.2) is 30.3 Å². The number of nitrogens with zero attached hydrogens (tertiary/aromatic N) is 1. The maximum Gasteiger partial charge on any atom is 0.251 e. The average molecular weight is 379 g/mol. The van der Waals surface area contributed by atoms with Gasteiger partial charge in [0.25, 0.3) is 5.91 Å². The molecule has 2 rings (SSSR count). The van der Waals surface area contributed by atoms with Crippen LogP contribution in [0.25, 0.3) is 0 Å². The zero-order chi connectivity index (χ0) is 18.6. The fourth-order valence-electron chi connectivity index (χ4n) is 2.29. The Labute approximate surface area is 157 Å². The molecule has 0 aliphatic carbocycles. The zero-order valence-electron chi connectivity index (χ0n) is 14.4. The number of hydrogen-bond acceptors (Lipinski definition) is 2. The topological polar surface area (TPSA) is 49.4 Å². The van der Waals surface area contributed by atoms with Crippen LogP contribution in [0.2, 0.25) is 10.0 Å². The third-order valence-corrected chi connectivity index (χ3v) is 4.89. The summed E-state index contributed by atoms with van der Waals surface area (Å²) in [6.45, 7) is 4.16. The third kappa shape index (κ3) is 4.97. The van der Waals surface area contributed by atoms with E-state index >= 15 is 0 Å². The lowest BCUT2D eigenvalue weighted by Crippen LogP contribution is -2.37. The van der Waals surface area contributed by atoms with E-state index in [0.29, 0.717) is 22.2 Å². The highest BCUT2D eigenvalue weighted by Gasteiger charge is 2.14. The molecule has 0 bridgehead atoms. The molecular formula is C19H20Cl2N2O2. The second kappa shape index (κ2) is 8.37. The van der Waals surface area contributed by atoms with Gasteiger partial charge in [0.1, 0.15) is 0 Å². The van der Waals surface area contributed by atoms with Gasteiger partial charge in [-0.2, -0.15) is 0 Å². The molecule has 4 nitrogen and oxygen atoms in total. The first-order valence-corrected chi connectivity index (χ1v) is 8.57. The van der Waals surface area contributed by atoms with Crippen molar-refractivity contribution in [3.05, 3.63) is 68.7 Å². The maximum absolute atomic E-state index is 12.2. The molecule has 0 atom stereocenters.